The molecule has 3 aliphatic rings. The number of piperidine rings is 1. The van der Waals surface area contributed by atoms with Crippen LogP contribution in [0.4, 0.5) is 5.69 Å². The molecule has 3 heterocycles. The van der Waals surface area contributed by atoms with Crippen LogP contribution in [0.1, 0.15) is 56.6 Å². The first-order valence-corrected chi connectivity index (χ1v) is 13.4. The summed E-state index contributed by atoms with van der Waals surface area (Å²) in [6.07, 6.45) is 7.32. The molecule has 2 fully saturated rings. The second-order valence-electron chi connectivity index (χ2n) is 9.78. The van der Waals surface area contributed by atoms with E-state index in [1.807, 2.05) is 6.07 Å². The summed E-state index contributed by atoms with van der Waals surface area (Å²) in [5.74, 6) is 0.803. The Kier molecular flexibility index (Phi) is 6.14. The monoisotopic (exact) mass is 469 g/mol. The van der Waals surface area contributed by atoms with Gasteiger partial charge in [-0.15, -0.1) is 0 Å². The number of pyridine rings is 1. The van der Waals surface area contributed by atoms with E-state index in [9.17, 15) is 18.0 Å². The molecule has 1 amide bonds. The zero-order valence-corrected chi connectivity index (χ0v) is 19.6. The number of nitrogens with one attached hydrogen (secondary N) is 1. The fourth-order valence-electron chi connectivity index (χ4n) is 5.77. The van der Waals surface area contributed by atoms with Crippen LogP contribution in [0.5, 0.6) is 0 Å². The Labute approximate surface area is 194 Å². The SMILES string of the molecule is O=C(CCC1CCCC1)Nc1ccc(S(=O)(=O)N2C[C@H]3C[C@H](C2)c2cccc(=O)n2C3)cc1. The van der Waals surface area contributed by atoms with Gasteiger partial charge in [0.2, 0.25) is 15.9 Å². The van der Waals surface area contributed by atoms with Gasteiger partial charge in [0.1, 0.15) is 0 Å². The maximum absolute atomic E-state index is 13.4. The molecule has 0 unspecified atom stereocenters. The van der Waals surface area contributed by atoms with E-state index in [1.54, 1.807) is 45.3 Å². The molecule has 0 spiro atoms. The van der Waals surface area contributed by atoms with Crippen LogP contribution >= 0.6 is 0 Å². The van der Waals surface area contributed by atoms with Gasteiger partial charge >= 0.3 is 0 Å². The highest BCUT2D eigenvalue weighted by Crippen LogP contribution is 2.37. The molecule has 2 atom stereocenters. The molecule has 1 aromatic heterocycles. The van der Waals surface area contributed by atoms with E-state index >= 15 is 0 Å². The Morgan fingerprint density at radius 3 is 2.52 bits per heavy atom. The second-order valence-corrected chi connectivity index (χ2v) is 11.7. The number of nitrogens with zero attached hydrogens (tertiary/aromatic N) is 2. The lowest BCUT2D eigenvalue weighted by atomic mass is 9.84. The largest absolute Gasteiger partial charge is 0.326 e. The van der Waals surface area contributed by atoms with Crippen LogP contribution in [-0.2, 0) is 21.4 Å². The topological polar surface area (TPSA) is 88.5 Å². The predicted molar refractivity (Wildman–Crippen MR) is 127 cm³/mol. The number of aromatic nitrogens is 1. The summed E-state index contributed by atoms with van der Waals surface area (Å²) in [6.45, 7) is 1.35. The van der Waals surface area contributed by atoms with Crippen molar-refractivity contribution in [2.24, 2.45) is 11.8 Å². The van der Waals surface area contributed by atoms with Gasteiger partial charge in [0, 0.05) is 49.4 Å². The lowest BCUT2D eigenvalue weighted by Gasteiger charge is -2.42. The third-order valence-corrected chi connectivity index (χ3v) is 9.32. The standard InChI is InChI=1S/C25H31N3O4S/c29-24(13-8-18-4-1-2-5-18)26-21-9-11-22(12-10-21)33(31,32)27-15-19-14-20(17-27)23-6-3-7-25(30)28(23)16-19/h3,6-7,9-12,18-20H,1-2,4-5,8,13-17H2,(H,26,29)/t19-,20-/m1/s1. The molecule has 1 aromatic carbocycles. The van der Waals surface area contributed by atoms with E-state index in [-0.39, 0.29) is 28.2 Å². The first-order chi connectivity index (χ1) is 15.9. The van der Waals surface area contributed by atoms with Gasteiger partial charge in [-0.25, -0.2) is 8.42 Å². The van der Waals surface area contributed by atoms with Crippen LogP contribution < -0.4 is 10.9 Å². The zero-order valence-electron chi connectivity index (χ0n) is 18.8. The van der Waals surface area contributed by atoms with E-state index in [1.165, 1.54) is 25.7 Å². The molecule has 176 valence electrons. The molecule has 5 rings (SSSR count). The fourth-order valence-corrected chi connectivity index (χ4v) is 7.33. The summed E-state index contributed by atoms with van der Waals surface area (Å²) in [5.41, 5.74) is 1.53. The van der Waals surface area contributed by atoms with E-state index in [4.69, 9.17) is 0 Å². The van der Waals surface area contributed by atoms with Crippen molar-refractivity contribution in [1.82, 2.24) is 8.87 Å². The molecule has 2 bridgehead atoms. The van der Waals surface area contributed by atoms with Crippen LogP contribution in [0.15, 0.2) is 52.2 Å². The van der Waals surface area contributed by atoms with Crippen LogP contribution in [0.2, 0.25) is 0 Å². The molecule has 0 radical (unpaired) electrons. The summed E-state index contributed by atoms with van der Waals surface area (Å²) < 4.78 is 30.1. The third kappa shape index (κ3) is 4.64. The van der Waals surface area contributed by atoms with Gasteiger partial charge in [0.15, 0.2) is 0 Å². The number of rotatable bonds is 6. The summed E-state index contributed by atoms with van der Waals surface area (Å²) >= 11 is 0. The molecular formula is C25H31N3O4S. The van der Waals surface area contributed by atoms with Gasteiger partial charge in [-0.2, -0.15) is 4.31 Å². The highest BCUT2D eigenvalue weighted by molar-refractivity contribution is 7.89. The molecule has 1 saturated carbocycles. The lowest BCUT2D eigenvalue weighted by molar-refractivity contribution is -0.116. The van der Waals surface area contributed by atoms with Crippen LogP contribution in [0.25, 0.3) is 0 Å². The number of hydrogen-bond acceptors (Lipinski definition) is 4. The third-order valence-electron chi connectivity index (χ3n) is 7.48. The maximum atomic E-state index is 13.4. The number of hydrogen-bond donors (Lipinski definition) is 1. The lowest BCUT2D eigenvalue weighted by Crippen LogP contribution is -2.48. The fraction of sp³-hybridized carbons (Fsp3) is 0.520. The van der Waals surface area contributed by atoms with Gasteiger partial charge in [-0.3, -0.25) is 9.59 Å². The number of benzene rings is 1. The highest BCUT2D eigenvalue weighted by atomic mass is 32.2. The maximum Gasteiger partial charge on any atom is 0.250 e. The van der Waals surface area contributed by atoms with E-state index in [2.05, 4.69) is 5.32 Å². The smallest absolute Gasteiger partial charge is 0.250 e. The quantitative estimate of drug-likeness (QED) is 0.701. The van der Waals surface area contributed by atoms with Gasteiger partial charge in [0.25, 0.3) is 5.56 Å². The van der Waals surface area contributed by atoms with E-state index in [0.29, 0.717) is 37.7 Å². The number of carbonyl (C=O) groups excluding carboxylic acids is 1. The van der Waals surface area contributed by atoms with Gasteiger partial charge in [-0.1, -0.05) is 31.7 Å². The van der Waals surface area contributed by atoms with Crippen molar-refractivity contribution < 1.29 is 13.2 Å². The van der Waals surface area contributed by atoms with Gasteiger partial charge in [-0.05, 0) is 55.0 Å². The minimum Gasteiger partial charge on any atom is -0.326 e. The Morgan fingerprint density at radius 2 is 1.76 bits per heavy atom. The Balaban J connectivity index is 1.25. The number of amides is 1. The predicted octanol–water partition coefficient (Wildman–Crippen LogP) is 3.57. The van der Waals surface area contributed by atoms with Crippen molar-refractivity contribution in [2.45, 2.75) is 62.3 Å². The van der Waals surface area contributed by atoms with Crippen molar-refractivity contribution in [2.75, 3.05) is 18.4 Å². The van der Waals surface area contributed by atoms with Crippen LogP contribution in [-0.4, -0.2) is 36.3 Å². The van der Waals surface area contributed by atoms with Crippen molar-refractivity contribution >= 4 is 21.6 Å². The minimum atomic E-state index is -3.65. The average molecular weight is 470 g/mol. The summed E-state index contributed by atoms with van der Waals surface area (Å²) in [4.78, 5) is 24.7. The summed E-state index contributed by atoms with van der Waals surface area (Å²) in [5, 5.41) is 2.89. The molecule has 7 nitrogen and oxygen atoms in total. The molecule has 1 N–H and O–H groups in total. The Hall–Kier alpha value is -2.45. The normalized spacial score (nSPS) is 23.3. The first-order valence-electron chi connectivity index (χ1n) is 12.0. The summed E-state index contributed by atoms with van der Waals surface area (Å²) in [6, 6.07) is 11.7. The minimum absolute atomic E-state index is 0.0145. The van der Waals surface area contributed by atoms with Crippen molar-refractivity contribution in [3.8, 4) is 0 Å². The molecule has 33 heavy (non-hydrogen) atoms. The average Bonchev–Trinajstić information content (AvgIpc) is 3.33. The van der Waals surface area contributed by atoms with E-state index in [0.717, 1.165) is 18.5 Å². The first kappa shape index (κ1) is 22.3. The zero-order chi connectivity index (χ0) is 23.0. The van der Waals surface area contributed by atoms with Crippen molar-refractivity contribution in [3.63, 3.8) is 0 Å². The molecular weight excluding hydrogens is 438 g/mol. The number of anilines is 1. The number of sulfonamides is 1. The highest BCUT2D eigenvalue weighted by Gasteiger charge is 2.39. The molecule has 1 saturated heterocycles. The number of carbonyl (C=O) groups is 1. The van der Waals surface area contributed by atoms with Gasteiger partial charge < -0.3 is 9.88 Å². The van der Waals surface area contributed by atoms with Crippen LogP contribution in [0.3, 0.4) is 0 Å². The van der Waals surface area contributed by atoms with Crippen molar-refractivity contribution in [1.29, 1.82) is 0 Å². The van der Waals surface area contributed by atoms with Crippen LogP contribution in [0, 0.1) is 11.8 Å². The molecule has 2 aliphatic heterocycles. The second kappa shape index (κ2) is 9.06. The van der Waals surface area contributed by atoms with E-state index < -0.39 is 10.0 Å². The Morgan fingerprint density at radius 1 is 1.00 bits per heavy atom. The van der Waals surface area contributed by atoms with Gasteiger partial charge in [0.05, 0.1) is 4.90 Å². The van der Waals surface area contributed by atoms with Crippen molar-refractivity contribution in [3.05, 3.63) is 58.5 Å². The number of fused-ring (bicyclic) bond motifs is 4. The molecule has 8 heteroatoms. The Bertz CT molecular complexity index is 1180. The molecule has 2 aromatic rings. The molecule has 1 aliphatic carbocycles. The summed E-state index contributed by atoms with van der Waals surface area (Å²) in [7, 11) is -3.65.